The highest BCUT2D eigenvalue weighted by molar-refractivity contribution is 5.98. The van der Waals surface area contributed by atoms with Gasteiger partial charge < -0.3 is 15.0 Å². The smallest absolute Gasteiger partial charge is 0.251 e. The van der Waals surface area contributed by atoms with Gasteiger partial charge in [-0.2, -0.15) is 0 Å². The van der Waals surface area contributed by atoms with Crippen molar-refractivity contribution in [2.45, 2.75) is 31.3 Å². The van der Waals surface area contributed by atoms with Gasteiger partial charge in [0.05, 0.1) is 0 Å². The summed E-state index contributed by atoms with van der Waals surface area (Å²) in [5.74, 6) is 0.529. The second-order valence-electron chi connectivity index (χ2n) is 5.70. The minimum atomic E-state index is -0.384. The van der Waals surface area contributed by atoms with Crippen LogP contribution in [-0.4, -0.2) is 41.9 Å². The maximum Gasteiger partial charge on any atom is 0.251 e. The Morgan fingerprint density at radius 2 is 2.05 bits per heavy atom. The summed E-state index contributed by atoms with van der Waals surface area (Å²) in [6.07, 6.45) is 4.55. The van der Waals surface area contributed by atoms with Gasteiger partial charge in [0.2, 0.25) is 5.91 Å². The Hall–Kier alpha value is -2.30. The molecule has 5 heteroatoms. The topological polar surface area (TPSA) is 58.6 Å². The lowest BCUT2D eigenvalue weighted by Crippen LogP contribution is -2.42. The van der Waals surface area contributed by atoms with Crippen LogP contribution in [0.1, 0.15) is 29.6 Å². The second kappa shape index (κ2) is 6.22. The van der Waals surface area contributed by atoms with E-state index >= 15 is 0 Å². The minimum Gasteiger partial charge on any atom is -0.490 e. The number of rotatable bonds is 6. The van der Waals surface area contributed by atoms with Crippen LogP contribution in [0.15, 0.2) is 36.9 Å². The molecular weight excluding hydrogens is 280 g/mol. The molecule has 2 amide bonds. The molecule has 0 aromatic heterocycles. The van der Waals surface area contributed by atoms with E-state index < -0.39 is 0 Å². The van der Waals surface area contributed by atoms with Crippen molar-refractivity contribution in [2.24, 2.45) is 0 Å². The largest absolute Gasteiger partial charge is 0.490 e. The number of hydrogen-bond acceptors (Lipinski definition) is 3. The molecule has 2 aliphatic rings. The number of ether oxygens (including phenoxy) is 1. The van der Waals surface area contributed by atoms with Crippen molar-refractivity contribution >= 4 is 11.8 Å². The quantitative estimate of drug-likeness (QED) is 0.814. The van der Waals surface area contributed by atoms with Gasteiger partial charge in [0.1, 0.15) is 18.4 Å². The van der Waals surface area contributed by atoms with Crippen molar-refractivity contribution in [3.8, 4) is 5.75 Å². The predicted molar refractivity (Wildman–Crippen MR) is 82.7 cm³/mol. The molecule has 5 nitrogen and oxygen atoms in total. The van der Waals surface area contributed by atoms with Gasteiger partial charge in [-0.25, -0.2) is 0 Å². The summed E-state index contributed by atoms with van der Waals surface area (Å²) in [6, 6.07) is 6.91. The first-order valence-corrected chi connectivity index (χ1v) is 7.64. The lowest BCUT2D eigenvalue weighted by molar-refractivity contribution is -0.129. The van der Waals surface area contributed by atoms with Crippen molar-refractivity contribution in [3.63, 3.8) is 0 Å². The second-order valence-corrected chi connectivity index (χ2v) is 5.70. The van der Waals surface area contributed by atoms with E-state index in [-0.39, 0.29) is 17.9 Å². The van der Waals surface area contributed by atoms with Gasteiger partial charge in [-0.1, -0.05) is 12.7 Å². The third-order valence-electron chi connectivity index (χ3n) is 4.02. The molecule has 2 fully saturated rings. The molecular formula is C17H20N2O3. The van der Waals surface area contributed by atoms with Crippen LogP contribution in [0.5, 0.6) is 5.75 Å². The Morgan fingerprint density at radius 3 is 2.68 bits per heavy atom. The van der Waals surface area contributed by atoms with Crippen molar-refractivity contribution in [2.75, 3.05) is 13.2 Å². The molecule has 0 spiro atoms. The summed E-state index contributed by atoms with van der Waals surface area (Å²) in [4.78, 5) is 26.3. The third kappa shape index (κ3) is 3.13. The molecule has 116 valence electrons. The van der Waals surface area contributed by atoms with Crippen LogP contribution >= 0.6 is 0 Å². The first-order valence-electron chi connectivity index (χ1n) is 7.64. The molecule has 1 aromatic carbocycles. The summed E-state index contributed by atoms with van der Waals surface area (Å²) >= 11 is 0. The first kappa shape index (κ1) is 14.6. The maximum absolute atomic E-state index is 12.2. The lowest BCUT2D eigenvalue weighted by Gasteiger charge is -2.16. The Balaban J connectivity index is 1.57. The Bertz CT molecular complexity index is 578. The predicted octanol–water partition coefficient (Wildman–Crippen LogP) is 1.74. The maximum atomic E-state index is 12.2. The molecule has 1 aliphatic heterocycles. The van der Waals surface area contributed by atoms with Gasteiger partial charge in [0.25, 0.3) is 5.91 Å². The monoisotopic (exact) mass is 300 g/mol. The molecule has 1 N–H and O–H groups in total. The molecule has 1 aliphatic carbocycles. The summed E-state index contributed by atoms with van der Waals surface area (Å²) in [6.45, 7) is 4.77. The van der Waals surface area contributed by atoms with Crippen LogP contribution < -0.4 is 10.1 Å². The van der Waals surface area contributed by atoms with Gasteiger partial charge >= 0.3 is 0 Å². The van der Waals surface area contributed by atoms with Crippen LogP contribution in [0.2, 0.25) is 0 Å². The number of likely N-dealkylation sites (tertiary alicyclic amines) is 1. The van der Waals surface area contributed by atoms with Crippen molar-refractivity contribution in [1.82, 2.24) is 10.2 Å². The van der Waals surface area contributed by atoms with E-state index in [0.717, 1.165) is 19.4 Å². The van der Waals surface area contributed by atoms with Crippen LogP contribution in [0.3, 0.4) is 0 Å². The zero-order valence-electron chi connectivity index (χ0n) is 12.5. The summed E-state index contributed by atoms with van der Waals surface area (Å²) in [5, 5.41) is 2.83. The van der Waals surface area contributed by atoms with E-state index in [4.69, 9.17) is 4.74 Å². The van der Waals surface area contributed by atoms with Gasteiger partial charge in [-0.15, -0.1) is 0 Å². The fraction of sp³-hybridized carbons (Fsp3) is 0.412. The summed E-state index contributed by atoms with van der Waals surface area (Å²) in [7, 11) is 0. The van der Waals surface area contributed by atoms with Crippen LogP contribution in [0.25, 0.3) is 0 Å². The molecule has 1 saturated carbocycles. The molecule has 1 unspecified atom stereocenters. The zero-order valence-corrected chi connectivity index (χ0v) is 12.5. The Kier molecular flexibility index (Phi) is 4.13. The summed E-state index contributed by atoms with van der Waals surface area (Å²) in [5.41, 5.74) is 0.531. The third-order valence-corrected chi connectivity index (χ3v) is 4.02. The Labute approximate surface area is 129 Å². The van der Waals surface area contributed by atoms with E-state index in [1.165, 1.54) is 0 Å². The normalized spacial score (nSPS) is 20.8. The van der Waals surface area contributed by atoms with E-state index in [0.29, 0.717) is 30.4 Å². The molecule has 1 aromatic rings. The minimum absolute atomic E-state index is 0.0572. The highest BCUT2D eigenvalue weighted by Gasteiger charge is 2.40. The van der Waals surface area contributed by atoms with Gasteiger partial charge in [0, 0.05) is 18.2 Å². The van der Waals surface area contributed by atoms with E-state index in [9.17, 15) is 9.59 Å². The number of benzene rings is 1. The SMILES string of the molecule is C=CCOc1ccc(C(=O)NC2CCN(C3CC3)C2=O)cc1. The zero-order chi connectivity index (χ0) is 15.5. The molecule has 1 atom stereocenters. The van der Waals surface area contributed by atoms with Crippen LogP contribution in [-0.2, 0) is 4.79 Å². The van der Waals surface area contributed by atoms with Gasteiger partial charge in [0.15, 0.2) is 0 Å². The van der Waals surface area contributed by atoms with Crippen molar-refractivity contribution < 1.29 is 14.3 Å². The highest BCUT2D eigenvalue weighted by atomic mass is 16.5. The summed E-state index contributed by atoms with van der Waals surface area (Å²) < 4.78 is 5.38. The molecule has 3 rings (SSSR count). The van der Waals surface area contributed by atoms with Crippen molar-refractivity contribution in [3.05, 3.63) is 42.5 Å². The van der Waals surface area contributed by atoms with E-state index in [1.54, 1.807) is 30.3 Å². The number of hydrogen-bond donors (Lipinski definition) is 1. The van der Waals surface area contributed by atoms with Crippen molar-refractivity contribution in [1.29, 1.82) is 0 Å². The fourth-order valence-electron chi connectivity index (χ4n) is 2.68. The van der Waals surface area contributed by atoms with Gasteiger partial charge in [-0.05, 0) is 43.5 Å². The van der Waals surface area contributed by atoms with Crippen LogP contribution in [0, 0.1) is 0 Å². The number of carbonyl (C=O) groups is 2. The fourth-order valence-corrected chi connectivity index (χ4v) is 2.68. The highest BCUT2D eigenvalue weighted by Crippen LogP contribution is 2.30. The molecule has 0 bridgehead atoms. The average molecular weight is 300 g/mol. The van der Waals surface area contributed by atoms with E-state index in [2.05, 4.69) is 11.9 Å². The first-order chi connectivity index (χ1) is 10.7. The van der Waals surface area contributed by atoms with Crippen LogP contribution in [0.4, 0.5) is 0 Å². The number of amides is 2. The standard InChI is InChI=1S/C17H20N2O3/c1-2-11-22-14-7-3-12(4-8-14)16(20)18-15-9-10-19(17(15)21)13-5-6-13/h2-4,7-8,13,15H,1,5-6,9-11H2,(H,18,20). The number of nitrogens with zero attached hydrogens (tertiary/aromatic N) is 1. The lowest BCUT2D eigenvalue weighted by atomic mass is 10.1. The number of nitrogens with one attached hydrogen (secondary N) is 1. The number of carbonyl (C=O) groups excluding carboxylic acids is 2. The molecule has 1 heterocycles. The molecule has 1 saturated heterocycles. The molecule has 22 heavy (non-hydrogen) atoms. The molecule has 0 radical (unpaired) electrons. The van der Waals surface area contributed by atoms with E-state index in [1.807, 2.05) is 4.90 Å². The average Bonchev–Trinajstić information content (AvgIpc) is 3.31. The van der Waals surface area contributed by atoms with Gasteiger partial charge in [-0.3, -0.25) is 9.59 Å². The Morgan fingerprint density at radius 1 is 1.32 bits per heavy atom.